The summed E-state index contributed by atoms with van der Waals surface area (Å²) in [6.45, 7) is 1.09. The molecule has 0 saturated carbocycles. The van der Waals surface area contributed by atoms with Gasteiger partial charge in [-0.2, -0.15) is 0 Å². The monoisotopic (exact) mass is 515 g/mol. The lowest BCUT2D eigenvalue weighted by atomic mass is 10.0. The van der Waals surface area contributed by atoms with Gasteiger partial charge in [-0.15, -0.1) is 12.4 Å². The third kappa shape index (κ3) is 6.08. The van der Waals surface area contributed by atoms with E-state index in [9.17, 15) is 18.4 Å². The molecule has 0 aliphatic carbocycles. The largest absolute Gasteiger partial charge is 0.309 e. The Labute approximate surface area is 212 Å². The Morgan fingerprint density at radius 3 is 2.17 bits per heavy atom. The van der Waals surface area contributed by atoms with Crippen molar-refractivity contribution in [2.45, 2.75) is 6.42 Å². The van der Waals surface area contributed by atoms with Crippen molar-refractivity contribution in [3.8, 4) is 0 Å². The number of hydrogen-bond donors (Lipinski definition) is 0. The minimum atomic E-state index is -0.762. The molecular weight excluding hydrogens is 492 g/mol. The van der Waals surface area contributed by atoms with E-state index < -0.39 is 11.6 Å². The number of benzene rings is 3. The highest BCUT2D eigenvalue weighted by atomic mass is 35.5. The van der Waals surface area contributed by atoms with Gasteiger partial charge in [-0.05, 0) is 45.3 Å². The predicted molar refractivity (Wildman–Crippen MR) is 138 cm³/mol. The molecule has 0 unspecified atom stereocenters. The molecule has 1 heterocycles. The Morgan fingerprint density at radius 2 is 1.51 bits per heavy atom. The summed E-state index contributed by atoms with van der Waals surface area (Å²) in [4.78, 5) is 33.9. The minimum Gasteiger partial charge on any atom is -0.309 e. The van der Waals surface area contributed by atoms with Crippen molar-refractivity contribution >= 4 is 50.8 Å². The van der Waals surface area contributed by atoms with E-state index in [-0.39, 0.29) is 29.6 Å². The van der Waals surface area contributed by atoms with Crippen LogP contribution in [0.5, 0.6) is 0 Å². The molecular formula is C26H24ClF2N3O2S. The number of ketones is 1. The molecule has 0 spiro atoms. The minimum absolute atomic E-state index is 0. The van der Waals surface area contributed by atoms with Crippen LogP contribution in [0.1, 0.15) is 32.7 Å². The van der Waals surface area contributed by atoms with E-state index in [0.29, 0.717) is 39.5 Å². The van der Waals surface area contributed by atoms with Gasteiger partial charge in [0.25, 0.3) is 5.91 Å². The Balaban J connectivity index is 0.00000342. The highest BCUT2D eigenvalue weighted by Crippen LogP contribution is 2.32. The summed E-state index contributed by atoms with van der Waals surface area (Å²) < 4.78 is 28.2. The van der Waals surface area contributed by atoms with E-state index >= 15 is 0 Å². The number of aromatic nitrogens is 1. The van der Waals surface area contributed by atoms with Crippen molar-refractivity contribution in [2.24, 2.45) is 0 Å². The van der Waals surface area contributed by atoms with E-state index in [0.717, 1.165) is 23.9 Å². The normalized spacial score (nSPS) is 10.9. The van der Waals surface area contributed by atoms with Gasteiger partial charge >= 0.3 is 0 Å². The van der Waals surface area contributed by atoms with Crippen molar-refractivity contribution in [1.29, 1.82) is 0 Å². The fraction of sp³-hybridized carbons (Fsp3) is 0.192. The molecule has 35 heavy (non-hydrogen) atoms. The smallest absolute Gasteiger partial charge is 0.260 e. The zero-order valence-corrected chi connectivity index (χ0v) is 20.8. The van der Waals surface area contributed by atoms with Crippen molar-refractivity contribution in [3.63, 3.8) is 0 Å². The summed E-state index contributed by atoms with van der Waals surface area (Å²) in [5.74, 6) is -1.91. The van der Waals surface area contributed by atoms with Crippen LogP contribution in [-0.2, 0) is 0 Å². The molecule has 0 bridgehead atoms. The van der Waals surface area contributed by atoms with E-state index in [4.69, 9.17) is 0 Å². The number of carbonyl (C=O) groups is 2. The topological polar surface area (TPSA) is 53.5 Å². The molecule has 1 amide bonds. The van der Waals surface area contributed by atoms with E-state index in [1.807, 2.05) is 25.1 Å². The second-order valence-corrected chi connectivity index (χ2v) is 9.13. The van der Waals surface area contributed by atoms with E-state index in [2.05, 4.69) is 4.98 Å². The molecule has 9 heteroatoms. The van der Waals surface area contributed by atoms with Crippen LogP contribution in [0.15, 0.2) is 66.7 Å². The number of hydrogen-bond acceptors (Lipinski definition) is 5. The number of nitrogens with zero attached hydrogens (tertiary/aromatic N) is 3. The third-order valence-corrected chi connectivity index (χ3v) is 6.32. The third-order valence-electron chi connectivity index (χ3n) is 5.30. The molecule has 0 aliphatic heterocycles. The number of thiazole rings is 1. The predicted octanol–water partition coefficient (Wildman–Crippen LogP) is 5.83. The number of carbonyl (C=O) groups excluding carboxylic acids is 2. The summed E-state index contributed by atoms with van der Waals surface area (Å²) in [7, 11) is 3.87. The van der Waals surface area contributed by atoms with Crippen LogP contribution in [-0.4, -0.2) is 48.8 Å². The molecule has 4 aromatic rings. The molecule has 1 aromatic heterocycles. The summed E-state index contributed by atoms with van der Waals surface area (Å²) in [5.41, 5.74) is 1.45. The molecule has 0 fully saturated rings. The summed E-state index contributed by atoms with van der Waals surface area (Å²) >= 11 is 1.07. The van der Waals surface area contributed by atoms with Crippen molar-refractivity contribution < 1.29 is 18.4 Å². The van der Waals surface area contributed by atoms with Gasteiger partial charge in [0.1, 0.15) is 11.3 Å². The fourth-order valence-corrected chi connectivity index (χ4v) is 4.60. The second-order valence-electron chi connectivity index (χ2n) is 8.12. The van der Waals surface area contributed by atoms with Crippen molar-refractivity contribution in [1.82, 2.24) is 9.88 Å². The second kappa shape index (κ2) is 11.5. The fourth-order valence-electron chi connectivity index (χ4n) is 3.57. The van der Waals surface area contributed by atoms with Crippen molar-refractivity contribution in [2.75, 3.05) is 32.1 Å². The number of anilines is 1. The number of halogens is 3. The van der Waals surface area contributed by atoms with Gasteiger partial charge < -0.3 is 4.90 Å². The zero-order valence-electron chi connectivity index (χ0n) is 19.2. The van der Waals surface area contributed by atoms with E-state index in [1.165, 1.54) is 11.0 Å². The van der Waals surface area contributed by atoms with Gasteiger partial charge in [0.2, 0.25) is 0 Å². The van der Waals surface area contributed by atoms with Crippen molar-refractivity contribution in [3.05, 3.63) is 95.1 Å². The molecule has 182 valence electrons. The van der Waals surface area contributed by atoms with Gasteiger partial charge in [-0.25, -0.2) is 13.8 Å². The average molecular weight is 516 g/mol. The number of rotatable bonds is 8. The first-order chi connectivity index (χ1) is 16.3. The molecule has 0 N–H and O–H groups in total. The van der Waals surface area contributed by atoms with E-state index in [1.54, 1.807) is 48.5 Å². The molecule has 0 saturated heterocycles. The summed E-state index contributed by atoms with van der Waals surface area (Å²) in [5, 5.41) is 0.299. The van der Waals surface area contributed by atoms with Gasteiger partial charge in [0.05, 0.1) is 4.70 Å². The lowest BCUT2D eigenvalue weighted by Crippen LogP contribution is -2.33. The highest BCUT2D eigenvalue weighted by molar-refractivity contribution is 7.22. The Kier molecular flexibility index (Phi) is 8.67. The van der Waals surface area contributed by atoms with Crippen LogP contribution in [0.2, 0.25) is 0 Å². The van der Waals surface area contributed by atoms with Crippen LogP contribution in [0, 0.1) is 11.6 Å². The average Bonchev–Trinajstić information content (AvgIpc) is 3.25. The molecule has 3 aromatic carbocycles. The van der Waals surface area contributed by atoms with Crippen LogP contribution in [0.3, 0.4) is 0 Å². The molecule has 4 rings (SSSR count). The zero-order chi connectivity index (χ0) is 24.2. The summed E-state index contributed by atoms with van der Waals surface area (Å²) in [6, 6.07) is 17.3. The van der Waals surface area contributed by atoms with Crippen LogP contribution in [0.4, 0.5) is 13.9 Å². The Hall–Kier alpha value is -3.20. The molecule has 5 nitrogen and oxygen atoms in total. The molecule has 0 radical (unpaired) electrons. The SMILES string of the molecule is CN(C)CCCN(C(=O)c1ccc(C(=O)c2ccccc2)cc1)c1nc2c(F)cc(F)cc2s1.Cl. The first kappa shape index (κ1) is 26.4. The van der Waals surface area contributed by atoms with Gasteiger partial charge in [0.15, 0.2) is 16.7 Å². The Morgan fingerprint density at radius 1 is 0.886 bits per heavy atom. The first-order valence-corrected chi connectivity index (χ1v) is 11.6. The standard InChI is InChI=1S/C26H23F2N3O2S.ClH/c1-30(2)13-6-14-31(26-29-23-21(28)15-20(27)16-22(23)34-26)25(33)19-11-9-18(10-12-19)24(32)17-7-4-3-5-8-17;/h3-5,7-12,15-16H,6,13-14H2,1-2H3;1H. The lowest BCUT2D eigenvalue weighted by Gasteiger charge is -2.21. The molecule has 0 aliphatic rings. The number of fused-ring (bicyclic) bond motifs is 1. The highest BCUT2D eigenvalue weighted by Gasteiger charge is 2.23. The van der Waals surface area contributed by atoms with Crippen LogP contribution >= 0.6 is 23.7 Å². The maximum Gasteiger partial charge on any atom is 0.260 e. The summed E-state index contributed by atoms with van der Waals surface area (Å²) in [6.07, 6.45) is 0.663. The Bertz CT molecular complexity index is 1330. The van der Waals surface area contributed by atoms with Gasteiger partial charge in [-0.3, -0.25) is 14.5 Å². The quantitative estimate of drug-likeness (QED) is 0.277. The first-order valence-electron chi connectivity index (χ1n) is 10.8. The van der Waals surface area contributed by atoms with Crippen LogP contribution < -0.4 is 4.90 Å². The number of amides is 1. The van der Waals surface area contributed by atoms with Crippen LogP contribution in [0.25, 0.3) is 10.2 Å². The lowest BCUT2D eigenvalue weighted by molar-refractivity contribution is 0.0983. The molecule has 0 atom stereocenters. The van der Waals surface area contributed by atoms with Gasteiger partial charge in [-0.1, -0.05) is 53.8 Å². The van der Waals surface area contributed by atoms with Gasteiger partial charge in [0, 0.05) is 29.3 Å². The maximum atomic E-state index is 14.2. The maximum absolute atomic E-state index is 14.2.